The summed E-state index contributed by atoms with van der Waals surface area (Å²) in [6.07, 6.45) is 10.0. The van der Waals surface area contributed by atoms with Gasteiger partial charge in [-0.05, 0) is 56.1 Å². The Morgan fingerprint density at radius 1 is 0.900 bits per heavy atom. The van der Waals surface area contributed by atoms with E-state index in [1.807, 2.05) is 0 Å². The molecular weight excluding hydrogens is 260 g/mol. The van der Waals surface area contributed by atoms with Crippen molar-refractivity contribution in [2.45, 2.75) is 79.4 Å². The van der Waals surface area contributed by atoms with Crippen LogP contribution >= 0.6 is 11.8 Å². The number of hydrogen-bond donors (Lipinski definition) is 0. The van der Waals surface area contributed by atoms with Gasteiger partial charge in [-0.1, -0.05) is 59.6 Å². The fraction of sp³-hybridized carbons (Fsp3) is 0.895. The largest absolute Gasteiger partial charge is 0.154 e. The molecule has 0 saturated heterocycles. The summed E-state index contributed by atoms with van der Waals surface area (Å²) in [5, 5.41) is 0.666. The monoisotopic (exact) mass is 298 g/mol. The molecule has 0 aromatic heterocycles. The van der Waals surface area contributed by atoms with Gasteiger partial charge >= 0.3 is 0 Å². The average Bonchev–Trinajstić information content (AvgIpc) is 2.41. The second-order valence-corrected chi connectivity index (χ2v) is 8.11. The second-order valence-electron chi connectivity index (χ2n) is 6.70. The van der Waals surface area contributed by atoms with Crippen LogP contribution in [0.4, 0.5) is 0 Å². The Balaban J connectivity index is 4.17. The first kappa shape index (κ1) is 20.1. The van der Waals surface area contributed by atoms with Crippen molar-refractivity contribution in [1.29, 1.82) is 0 Å². The van der Waals surface area contributed by atoms with Crippen molar-refractivity contribution in [3.8, 4) is 0 Å². The lowest BCUT2D eigenvalue weighted by Crippen LogP contribution is -2.17. The molecule has 0 radical (unpaired) electrons. The predicted octanol–water partition coefficient (Wildman–Crippen LogP) is 6.81. The van der Waals surface area contributed by atoms with Gasteiger partial charge in [0.25, 0.3) is 0 Å². The molecule has 0 aliphatic rings. The third kappa shape index (κ3) is 8.39. The molecule has 0 aromatic rings. The van der Waals surface area contributed by atoms with Crippen LogP contribution in [0.3, 0.4) is 0 Å². The van der Waals surface area contributed by atoms with Gasteiger partial charge in [0, 0.05) is 5.25 Å². The van der Waals surface area contributed by atoms with Gasteiger partial charge in [-0.3, -0.25) is 0 Å². The minimum atomic E-state index is 0.666. The lowest BCUT2D eigenvalue weighted by atomic mass is 9.82. The zero-order valence-corrected chi connectivity index (χ0v) is 15.8. The third-order valence-electron chi connectivity index (χ3n) is 4.79. The van der Waals surface area contributed by atoms with E-state index < -0.39 is 0 Å². The molecule has 0 aliphatic heterocycles. The normalized spacial score (nSPS) is 18.4. The quantitative estimate of drug-likeness (QED) is 0.378. The Morgan fingerprint density at radius 2 is 1.45 bits per heavy atom. The van der Waals surface area contributed by atoms with Crippen LogP contribution in [0.1, 0.15) is 74.1 Å². The number of hydrogen-bond acceptors (Lipinski definition) is 1. The van der Waals surface area contributed by atoms with Gasteiger partial charge in [-0.15, -0.1) is 0 Å². The van der Waals surface area contributed by atoms with Crippen molar-refractivity contribution < 1.29 is 0 Å². The van der Waals surface area contributed by atoms with Crippen LogP contribution in [0.5, 0.6) is 0 Å². The highest BCUT2D eigenvalue weighted by Gasteiger charge is 2.19. The molecule has 4 atom stereocenters. The third-order valence-corrected chi connectivity index (χ3v) is 6.19. The first-order chi connectivity index (χ1) is 9.46. The van der Waals surface area contributed by atoms with E-state index in [1.165, 1.54) is 31.4 Å². The Kier molecular flexibility index (Phi) is 11.8. The van der Waals surface area contributed by atoms with E-state index in [2.05, 4.69) is 72.4 Å². The van der Waals surface area contributed by atoms with Crippen LogP contribution in [0, 0.1) is 23.7 Å². The van der Waals surface area contributed by atoms with Crippen molar-refractivity contribution in [3.05, 3.63) is 12.2 Å². The second kappa shape index (κ2) is 11.7. The fourth-order valence-electron chi connectivity index (χ4n) is 3.09. The van der Waals surface area contributed by atoms with Gasteiger partial charge in [-0.2, -0.15) is 11.8 Å². The molecule has 4 unspecified atom stereocenters. The lowest BCUT2D eigenvalue weighted by molar-refractivity contribution is 0.274. The maximum atomic E-state index is 2.46. The summed E-state index contributed by atoms with van der Waals surface area (Å²) < 4.78 is 0. The molecule has 20 heavy (non-hydrogen) atoms. The number of allylic oxidation sites excluding steroid dienone is 1. The molecule has 0 aromatic carbocycles. The molecule has 0 spiro atoms. The summed E-state index contributed by atoms with van der Waals surface area (Å²) in [4.78, 5) is 0. The molecule has 0 rings (SSSR count). The molecule has 120 valence electrons. The van der Waals surface area contributed by atoms with Gasteiger partial charge < -0.3 is 0 Å². The first-order valence-corrected chi connectivity index (χ1v) is 9.75. The van der Waals surface area contributed by atoms with Gasteiger partial charge in [-0.25, -0.2) is 0 Å². The van der Waals surface area contributed by atoms with E-state index in [-0.39, 0.29) is 0 Å². The Bertz CT molecular complexity index is 244. The summed E-state index contributed by atoms with van der Waals surface area (Å²) in [5.74, 6) is 4.83. The van der Waals surface area contributed by atoms with Crippen LogP contribution in [0.15, 0.2) is 12.2 Å². The van der Waals surface area contributed by atoms with Gasteiger partial charge in [0.1, 0.15) is 0 Å². The van der Waals surface area contributed by atoms with E-state index >= 15 is 0 Å². The van der Waals surface area contributed by atoms with Gasteiger partial charge in [0.05, 0.1) is 0 Å². The van der Waals surface area contributed by atoms with E-state index in [1.54, 1.807) is 0 Å². The first-order valence-electron chi connectivity index (χ1n) is 8.70. The molecule has 0 nitrogen and oxygen atoms in total. The molecule has 0 saturated carbocycles. The molecule has 1 heteroatoms. The topological polar surface area (TPSA) is 0 Å². The Morgan fingerprint density at radius 3 is 1.90 bits per heavy atom. The van der Waals surface area contributed by atoms with E-state index in [9.17, 15) is 0 Å². The zero-order chi connectivity index (χ0) is 15.5. The maximum Gasteiger partial charge on any atom is 0.0198 e. The van der Waals surface area contributed by atoms with E-state index in [0.717, 1.165) is 23.7 Å². The molecule has 0 bridgehead atoms. The maximum absolute atomic E-state index is 2.46. The number of rotatable bonds is 11. The van der Waals surface area contributed by atoms with Gasteiger partial charge in [0.15, 0.2) is 0 Å². The lowest BCUT2D eigenvalue weighted by Gasteiger charge is -2.26. The molecule has 0 N–H and O–H groups in total. The summed E-state index contributed by atoms with van der Waals surface area (Å²) in [6, 6.07) is 0. The molecule has 0 amide bonds. The highest BCUT2D eigenvalue weighted by molar-refractivity contribution is 8.00. The standard InChI is InChI=1S/C19H38S/c1-8-11-17(7)20-14-16(6)19(10-3)13-12-18(9-2)15(4)5/h8,11,15-19H,9-10,12-14H2,1-7H3. The molecule has 0 heterocycles. The molecule has 0 fully saturated rings. The Labute approximate surface area is 133 Å². The van der Waals surface area contributed by atoms with Crippen LogP contribution in [-0.4, -0.2) is 11.0 Å². The predicted molar refractivity (Wildman–Crippen MR) is 97.5 cm³/mol. The minimum Gasteiger partial charge on any atom is -0.154 e. The summed E-state index contributed by atoms with van der Waals surface area (Å²) in [5.41, 5.74) is 0. The van der Waals surface area contributed by atoms with Crippen molar-refractivity contribution >= 4 is 11.8 Å². The van der Waals surface area contributed by atoms with Crippen molar-refractivity contribution in [3.63, 3.8) is 0 Å². The minimum absolute atomic E-state index is 0.666. The van der Waals surface area contributed by atoms with Gasteiger partial charge in [0.2, 0.25) is 0 Å². The van der Waals surface area contributed by atoms with Crippen LogP contribution in [0.25, 0.3) is 0 Å². The highest BCUT2D eigenvalue weighted by atomic mass is 32.2. The molecular formula is C19H38S. The average molecular weight is 299 g/mol. The smallest absolute Gasteiger partial charge is 0.0198 e. The summed E-state index contributed by atoms with van der Waals surface area (Å²) in [7, 11) is 0. The van der Waals surface area contributed by atoms with Crippen LogP contribution in [0.2, 0.25) is 0 Å². The SMILES string of the molecule is CC=CC(C)SCC(C)C(CC)CCC(CC)C(C)C. The van der Waals surface area contributed by atoms with Crippen molar-refractivity contribution in [2.24, 2.45) is 23.7 Å². The van der Waals surface area contributed by atoms with Crippen molar-refractivity contribution in [1.82, 2.24) is 0 Å². The fourth-order valence-corrected chi connectivity index (χ4v) is 4.24. The molecule has 0 aliphatic carbocycles. The van der Waals surface area contributed by atoms with E-state index in [4.69, 9.17) is 0 Å². The van der Waals surface area contributed by atoms with E-state index in [0.29, 0.717) is 5.25 Å². The van der Waals surface area contributed by atoms with Crippen LogP contribution < -0.4 is 0 Å². The summed E-state index contributed by atoms with van der Waals surface area (Å²) >= 11 is 2.11. The summed E-state index contributed by atoms with van der Waals surface area (Å²) in [6.45, 7) is 16.4. The van der Waals surface area contributed by atoms with Crippen LogP contribution in [-0.2, 0) is 0 Å². The highest BCUT2D eigenvalue weighted by Crippen LogP contribution is 2.30. The zero-order valence-electron chi connectivity index (χ0n) is 15.0. The number of thioether (sulfide) groups is 1. The van der Waals surface area contributed by atoms with Crippen molar-refractivity contribution in [2.75, 3.05) is 5.75 Å². The Hall–Kier alpha value is 0.0900.